The Morgan fingerprint density at radius 1 is 1.23 bits per heavy atom. The summed E-state index contributed by atoms with van der Waals surface area (Å²) in [5.74, 6) is -0.0672. The first-order chi connectivity index (χ1) is 10.8. The molecular weight excluding hydrogens is 296 g/mol. The van der Waals surface area contributed by atoms with E-state index in [0.717, 1.165) is 18.5 Å². The molecule has 1 amide bonds. The normalized spacial score (nSPS) is 16.0. The van der Waals surface area contributed by atoms with E-state index in [9.17, 15) is 4.79 Å². The van der Waals surface area contributed by atoms with Gasteiger partial charge >= 0.3 is 0 Å². The van der Waals surface area contributed by atoms with Crippen LogP contribution in [0.4, 0.5) is 10.8 Å². The van der Waals surface area contributed by atoms with Crippen LogP contribution in [-0.2, 0) is 0 Å². The van der Waals surface area contributed by atoms with Crippen LogP contribution < -0.4 is 10.6 Å². The van der Waals surface area contributed by atoms with Gasteiger partial charge in [0.25, 0.3) is 5.91 Å². The topological polar surface area (TPSA) is 66.9 Å². The van der Waals surface area contributed by atoms with Gasteiger partial charge in [-0.05, 0) is 25.0 Å². The number of amides is 1. The first kappa shape index (κ1) is 15.0. The van der Waals surface area contributed by atoms with Crippen LogP contribution in [-0.4, -0.2) is 21.9 Å². The molecule has 0 saturated heterocycles. The Bertz CT molecular complexity index is 606. The molecule has 5 nitrogen and oxygen atoms in total. The van der Waals surface area contributed by atoms with Crippen LogP contribution in [0, 0.1) is 0 Å². The third-order valence-electron chi connectivity index (χ3n) is 3.84. The minimum atomic E-state index is -0.0672. The molecule has 6 heteroatoms. The molecule has 1 fully saturated rings. The van der Waals surface area contributed by atoms with E-state index in [1.165, 1.54) is 37.0 Å². The Morgan fingerprint density at radius 3 is 2.77 bits per heavy atom. The van der Waals surface area contributed by atoms with E-state index in [1.807, 2.05) is 12.1 Å². The van der Waals surface area contributed by atoms with Gasteiger partial charge in [-0.15, -0.1) is 11.3 Å². The Kier molecular flexibility index (Phi) is 5.00. The number of carbonyl (C=O) groups is 1. The van der Waals surface area contributed by atoms with Crippen LogP contribution in [0.3, 0.4) is 0 Å². The number of hydrogen-bond donors (Lipinski definition) is 2. The Balaban J connectivity index is 1.59. The van der Waals surface area contributed by atoms with Gasteiger partial charge < -0.3 is 10.6 Å². The summed E-state index contributed by atoms with van der Waals surface area (Å²) in [6, 6.07) is 4.07. The molecule has 1 aliphatic carbocycles. The smallest absolute Gasteiger partial charge is 0.271 e. The Labute approximate surface area is 134 Å². The number of pyridine rings is 1. The Hall–Kier alpha value is -1.95. The van der Waals surface area contributed by atoms with Gasteiger partial charge in [-0.3, -0.25) is 9.78 Å². The quantitative estimate of drug-likeness (QED) is 0.843. The van der Waals surface area contributed by atoms with Crippen molar-refractivity contribution >= 4 is 28.1 Å². The van der Waals surface area contributed by atoms with Crippen LogP contribution in [0.5, 0.6) is 0 Å². The molecule has 22 heavy (non-hydrogen) atoms. The summed E-state index contributed by atoms with van der Waals surface area (Å²) in [5.41, 5.74) is 1.35. The van der Waals surface area contributed by atoms with Crippen molar-refractivity contribution in [2.24, 2.45) is 0 Å². The minimum absolute atomic E-state index is 0.0672. The largest absolute Gasteiger partial charge is 0.348 e. The standard InChI is InChI=1S/C16H20N4OS/c21-15(18-12-6-3-1-2-4-7-12)14-11-22-16(20-14)19-13-8-5-9-17-10-13/h5,8-12H,1-4,6-7H2,(H,18,21)(H,19,20). The molecule has 2 aromatic rings. The number of hydrogen-bond acceptors (Lipinski definition) is 5. The number of rotatable bonds is 4. The molecular formula is C16H20N4OS. The summed E-state index contributed by atoms with van der Waals surface area (Å²) in [5, 5.41) is 8.78. The maximum absolute atomic E-state index is 12.3. The summed E-state index contributed by atoms with van der Waals surface area (Å²) < 4.78 is 0. The fourth-order valence-corrected chi connectivity index (χ4v) is 3.39. The molecule has 1 aliphatic rings. The van der Waals surface area contributed by atoms with Crippen molar-refractivity contribution < 1.29 is 4.79 Å². The second kappa shape index (κ2) is 7.35. The van der Waals surface area contributed by atoms with Crippen LogP contribution >= 0.6 is 11.3 Å². The Morgan fingerprint density at radius 2 is 2.05 bits per heavy atom. The molecule has 0 aromatic carbocycles. The highest BCUT2D eigenvalue weighted by Gasteiger charge is 2.17. The first-order valence-electron chi connectivity index (χ1n) is 7.75. The van der Waals surface area contributed by atoms with Gasteiger partial charge in [-0.1, -0.05) is 25.7 Å². The van der Waals surface area contributed by atoms with Gasteiger partial charge in [0.05, 0.1) is 11.9 Å². The fraction of sp³-hybridized carbons (Fsp3) is 0.438. The number of anilines is 2. The van der Waals surface area contributed by atoms with E-state index in [0.29, 0.717) is 16.9 Å². The van der Waals surface area contributed by atoms with Crippen LogP contribution in [0.25, 0.3) is 0 Å². The molecule has 1 saturated carbocycles. The van der Waals surface area contributed by atoms with Gasteiger partial charge in [0.2, 0.25) is 0 Å². The summed E-state index contributed by atoms with van der Waals surface area (Å²) in [6.07, 6.45) is 10.6. The predicted octanol–water partition coefficient (Wildman–Crippen LogP) is 3.73. The number of thiazole rings is 1. The number of carbonyl (C=O) groups excluding carboxylic acids is 1. The summed E-state index contributed by atoms with van der Waals surface area (Å²) in [7, 11) is 0. The van der Waals surface area contributed by atoms with E-state index >= 15 is 0 Å². The highest BCUT2D eigenvalue weighted by molar-refractivity contribution is 7.14. The molecule has 3 rings (SSSR count). The van der Waals surface area contributed by atoms with Crippen molar-refractivity contribution in [1.82, 2.24) is 15.3 Å². The van der Waals surface area contributed by atoms with E-state index in [4.69, 9.17) is 0 Å². The maximum Gasteiger partial charge on any atom is 0.271 e. The molecule has 0 radical (unpaired) electrons. The molecule has 0 spiro atoms. The van der Waals surface area contributed by atoms with Gasteiger partial charge in [-0.2, -0.15) is 0 Å². The van der Waals surface area contributed by atoms with Crippen LogP contribution in [0.15, 0.2) is 29.9 Å². The third-order valence-corrected chi connectivity index (χ3v) is 4.60. The summed E-state index contributed by atoms with van der Waals surface area (Å²) in [6.45, 7) is 0. The zero-order valence-corrected chi connectivity index (χ0v) is 13.2. The highest BCUT2D eigenvalue weighted by atomic mass is 32.1. The number of nitrogens with one attached hydrogen (secondary N) is 2. The molecule has 0 aliphatic heterocycles. The van der Waals surface area contributed by atoms with Crippen LogP contribution in [0.2, 0.25) is 0 Å². The monoisotopic (exact) mass is 316 g/mol. The zero-order valence-electron chi connectivity index (χ0n) is 12.4. The molecule has 116 valence electrons. The first-order valence-corrected chi connectivity index (χ1v) is 8.63. The van der Waals surface area contributed by atoms with Gasteiger partial charge in [0.15, 0.2) is 5.13 Å². The highest BCUT2D eigenvalue weighted by Crippen LogP contribution is 2.21. The van der Waals surface area contributed by atoms with Crippen molar-refractivity contribution in [3.8, 4) is 0 Å². The predicted molar refractivity (Wildman–Crippen MR) is 88.6 cm³/mol. The lowest BCUT2D eigenvalue weighted by Crippen LogP contribution is -2.34. The molecule has 2 heterocycles. The fourth-order valence-electron chi connectivity index (χ4n) is 2.68. The van der Waals surface area contributed by atoms with E-state index in [1.54, 1.807) is 17.8 Å². The summed E-state index contributed by atoms with van der Waals surface area (Å²) in [4.78, 5) is 20.7. The molecule has 0 unspecified atom stereocenters. The lowest BCUT2D eigenvalue weighted by Gasteiger charge is -2.15. The number of nitrogens with zero attached hydrogens (tertiary/aromatic N) is 2. The van der Waals surface area contributed by atoms with Crippen molar-refractivity contribution in [2.75, 3.05) is 5.32 Å². The average Bonchev–Trinajstić information content (AvgIpc) is 2.85. The molecule has 2 aromatic heterocycles. The van der Waals surface area contributed by atoms with Crippen molar-refractivity contribution in [2.45, 2.75) is 44.6 Å². The molecule has 2 N–H and O–H groups in total. The van der Waals surface area contributed by atoms with Gasteiger partial charge in [0, 0.05) is 17.6 Å². The third kappa shape index (κ3) is 4.04. The minimum Gasteiger partial charge on any atom is -0.348 e. The van der Waals surface area contributed by atoms with E-state index < -0.39 is 0 Å². The lowest BCUT2D eigenvalue weighted by molar-refractivity contribution is 0.0929. The second-order valence-electron chi connectivity index (χ2n) is 5.57. The van der Waals surface area contributed by atoms with Gasteiger partial charge in [-0.25, -0.2) is 4.98 Å². The van der Waals surface area contributed by atoms with E-state index in [2.05, 4.69) is 20.6 Å². The number of aromatic nitrogens is 2. The molecule has 0 atom stereocenters. The van der Waals surface area contributed by atoms with E-state index in [-0.39, 0.29) is 5.91 Å². The van der Waals surface area contributed by atoms with Gasteiger partial charge in [0.1, 0.15) is 5.69 Å². The van der Waals surface area contributed by atoms with Crippen molar-refractivity contribution in [3.05, 3.63) is 35.6 Å². The van der Waals surface area contributed by atoms with Crippen molar-refractivity contribution in [3.63, 3.8) is 0 Å². The van der Waals surface area contributed by atoms with Crippen LogP contribution in [0.1, 0.15) is 49.0 Å². The molecule has 0 bridgehead atoms. The summed E-state index contributed by atoms with van der Waals surface area (Å²) >= 11 is 1.43. The SMILES string of the molecule is O=C(NC1CCCCCC1)c1csc(Nc2cccnc2)n1. The zero-order chi connectivity index (χ0) is 15.2. The lowest BCUT2D eigenvalue weighted by atomic mass is 10.1. The van der Waals surface area contributed by atoms with Crippen molar-refractivity contribution in [1.29, 1.82) is 0 Å². The average molecular weight is 316 g/mol. The maximum atomic E-state index is 12.3. The second-order valence-corrected chi connectivity index (χ2v) is 6.42.